The Bertz CT molecular complexity index is 969. The summed E-state index contributed by atoms with van der Waals surface area (Å²) in [7, 11) is 0. The Kier molecular flexibility index (Phi) is 7.76. The molecule has 0 aliphatic carbocycles. The maximum absolute atomic E-state index is 14.1. The van der Waals surface area contributed by atoms with Gasteiger partial charge >= 0.3 is 0 Å². The van der Waals surface area contributed by atoms with Crippen LogP contribution >= 0.6 is 0 Å². The number of nitrogens with one attached hydrogen (secondary N) is 2. The Morgan fingerprint density at radius 3 is 2.47 bits per heavy atom. The third kappa shape index (κ3) is 4.22. The molecule has 3 amide bonds. The fourth-order valence-electron chi connectivity index (χ4n) is 6.71. The molecule has 0 radical (unpaired) electrons. The number of amides is 3. The molecule has 8 nitrogen and oxygen atoms in total. The number of nitrogens with zero attached hydrogens (tertiary/aromatic N) is 1. The molecule has 8 heteroatoms. The number of hydrogen-bond acceptors (Lipinski definition) is 5. The third-order valence-corrected chi connectivity index (χ3v) is 8.60. The van der Waals surface area contributed by atoms with Gasteiger partial charge in [-0.25, -0.2) is 0 Å². The normalized spacial score (nSPS) is 31.6. The Labute approximate surface area is 214 Å². The molecule has 198 valence electrons. The maximum atomic E-state index is 14.1. The molecule has 2 unspecified atom stereocenters. The molecule has 3 aliphatic heterocycles. The molecule has 1 spiro atoms. The minimum atomic E-state index is -1.07. The van der Waals surface area contributed by atoms with E-state index in [1.807, 2.05) is 51.1 Å². The summed E-state index contributed by atoms with van der Waals surface area (Å²) in [6, 6.07) is 8.26. The molecule has 6 atom stereocenters. The van der Waals surface area contributed by atoms with Crippen LogP contribution in [0, 0.1) is 17.8 Å². The van der Waals surface area contributed by atoms with E-state index in [0.29, 0.717) is 32.4 Å². The second-order valence-electron chi connectivity index (χ2n) is 10.9. The van der Waals surface area contributed by atoms with Crippen molar-refractivity contribution in [1.29, 1.82) is 0 Å². The van der Waals surface area contributed by atoms with Gasteiger partial charge in [-0.2, -0.15) is 0 Å². The minimum absolute atomic E-state index is 0.0668. The number of likely N-dealkylation sites (tertiary alicyclic amines) is 1. The van der Waals surface area contributed by atoms with E-state index >= 15 is 0 Å². The molecular formula is C28H41N3O5. The van der Waals surface area contributed by atoms with Gasteiger partial charge in [0.05, 0.1) is 30.1 Å². The van der Waals surface area contributed by atoms with Crippen molar-refractivity contribution in [1.82, 2.24) is 15.5 Å². The lowest BCUT2D eigenvalue weighted by molar-refractivity contribution is -0.152. The average Bonchev–Trinajstić information content (AvgIpc) is 3.47. The van der Waals surface area contributed by atoms with Gasteiger partial charge in [-0.1, -0.05) is 64.4 Å². The van der Waals surface area contributed by atoms with Gasteiger partial charge in [-0.05, 0) is 37.2 Å². The molecule has 3 aliphatic rings. The summed E-state index contributed by atoms with van der Waals surface area (Å²) in [5.74, 6) is -2.23. The predicted octanol–water partition coefficient (Wildman–Crippen LogP) is 2.39. The number of benzene rings is 1. The van der Waals surface area contributed by atoms with Crippen molar-refractivity contribution in [3.8, 4) is 0 Å². The number of aliphatic hydroxyl groups is 1. The van der Waals surface area contributed by atoms with Gasteiger partial charge in [0, 0.05) is 13.1 Å². The highest BCUT2D eigenvalue weighted by molar-refractivity contribution is 5.99. The molecule has 4 rings (SSSR count). The monoisotopic (exact) mass is 499 g/mol. The molecule has 1 aromatic rings. The Morgan fingerprint density at radius 1 is 1.14 bits per heavy atom. The molecule has 3 fully saturated rings. The molecule has 3 N–H and O–H groups in total. The highest BCUT2D eigenvalue weighted by Crippen LogP contribution is 2.64. The van der Waals surface area contributed by atoms with Gasteiger partial charge in [-0.3, -0.25) is 14.4 Å². The highest BCUT2D eigenvalue weighted by Gasteiger charge is 2.79. The van der Waals surface area contributed by atoms with Crippen LogP contribution in [0.15, 0.2) is 30.3 Å². The zero-order chi connectivity index (χ0) is 26.1. The van der Waals surface area contributed by atoms with E-state index in [1.54, 1.807) is 4.90 Å². The first-order chi connectivity index (χ1) is 17.3. The largest absolute Gasteiger partial charge is 0.394 e. The number of carbonyl (C=O) groups is 3. The van der Waals surface area contributed by atoms with E-state index in [2.05, 4.69) is 17.6 Å². The number of rotatable bonds is 11. The summed E-state index contributed by atoms with van der Waals surface area (Å²) in [6.07, 6.45) is 3.51. The van der Waals surface area contributed by atoms with E-state index < -0.39 is 35.1 Å². The zero-order valence-corrected chi connectivity index (χ0v) is 22.0. The summed E-state index contributed by atoms with van der Waals surface area (Å²) >= 11 is 0. The van der Waals surface area contributed by atoms with Crippen LogP contribution in [0.2, 0.25) is 0 Å². The van der Waals surface area contributed by atoms with Crippen LogP contribution in [0.25, 0.3) is 0 Å². The number of carbonyl (C=O) groups excluding carboxylic acids is 3. The first kappa shape index (κ1) is 26.6. The van der Waals surface area contributed by atoms with Gasteiger partial charge in [0.15, 0.2) is 0 Å². The Morgan fingerprint density at radius 2 is 1.86 bits per heavy atom. The second-order valence-corrected chi connectivity index (χ2v) is 10.9. The average molecular weight is 500 g/mol. The summed E-state index contributed by atoms with van der Waals surface area (Å²) in [6.45, 7) is 8.52. The molecule has 1 aromatic carbocycles. The standard InChI is InChI=1S/C28H41N3O5/c1-5-7-15-29-25(34)23-28-14-13-27(6-2,36-28)21(24(33)30-16-19-11-9-8-10-12-19)22(28)26(35)31(23)20(17-32)18(3)4/h8-12,18,20-23,32H,5-7,13-17H2,1-4H3,(H,29,34)(H,30,33)/t20-,21+,22-,23?,27-,28?/m0/s1. The minimum Gasteiger partial charge on any atom is -0.394 e. The Hall–Kier alpha value is -2.45. The lowest BCUT2D eigenvalue weighted by atomic mass is 9.65. The fourth-order valence-corrected chi connectivity index (χ4v) is 6.71. The molecule has 36 heavy (non-hydrogen) atoms. The molecule has 2 bridgehead atoms. The number of unbranched alkanes of at least 4 members (excludes halogenated alkanes) is 1. The fraction of sp³-hybridized carbons (Fsp3) is 0.679. The summed E-state index contributed by atoms with van der Waals surface area (Å²) in [5, 5.41) is 16.3. The van der Waals surface area contributed by atoms with E-state index in [9.17, 15) is 19.5 Å². The SMILES string of the molecule is CCCCNC(=O)C1N([C@@H](CO)C(C)C)C(=O)[C@@H]2[C@H](C(=O)NCc3ccccc3)[C@]3(CC)CCC12O3. The smallest absolute Gasteiger partial charge is 0.245 e. The summed E-state index contributed by atoms with van der Waals surface area (Å²) in [4.78, 5) is 43.1. The van der Waals surface area contributed by atoms with Crippen molar-refractivity contribution >= 4 is 17.7 Å². The van der Waals surface area contributed by atoms with Gasteiger partial charge in [0.2, 0.25) is 17.7 Å². The molecule has 0 aromatic heterocycles. The predicted molar refractivity (Wildman–Crippen MR) is 136 cm³/mol. The first-order valence-corrected chi connectivity index (χ1v) is 13.5. The highest BCUT2D eigenvalue weighted by atomic mass is 16.5. The lowest BCUT2D eigenvalue weighted by Crippen LogP contribution is -2.59. The molecule has 3 saturated heterocycles. The summed E-state index contributed by atoms with van der Waals surface area (Å²) in [5.41, 5.74) is -0.870. The molecule has 0 saturated carbocycles. The van der Waals surface area contributed by atoms with Crippen LogP contribution in [-0.4, -0.2) is 64.2 Å². The zero-order valence-electron chi connectivity index (χ0n) is 22.0. The first-order valence-electron chi connectivity index (χ1n) is 13.5. The van der Waals surface area contributed by atoms with Crippen molar-refractivity contribution in [2.24, 2.45) is 17.8 Å². The lowest BCUT2D eigenvalue weighted by Gasteiger charge is -2.38. The van der Waals surface area contributed by atoms with Crippen molar-refractivity contribution < 1.29 is 24.2 Å². The van der Waals surface area contributed by atoms with E-state index in [-0.39, 0.29) is 30.2 Å². The van der Waals surface area contributed by atoms with Gasteiger partial charge in [0.25, 0.3) is 0 Å². The van der Waals surface area contributed by atoms with Crippen LogP contribution in [0.1, 0.15) is 65.4 Å². The summed E-state index contributed by atoms with van der Waals surface area (Å²) < 4.78 is 6.76. The topological polar surface area (TPSA) is 108 Å². The molecule has 3 heterocycles. The van der Waals surface area contributed by atoms with Crippen LogP contribution in [0.4, 0.5) is 0 Å². The van der Waals surface area contributed by atoms with Gasteiger partial charge in [0.1, 0.15) is 11.6 Å². The number of aliphatic hydroxyl groups excluding tert-OH is 1. The van der Waals surface area contributed by atoms with Crippen molar-refractivity contribution in [2.45, 2.75) is 89.6 Å². The van der Waals surface area contributed by atoms with Crippen LogP contribution < -0.4 is 10.6 Å². The van der Waals surface area contributed by atoms with E-state index in [4.69, 9.17) is 4.74 Å². The van der Waals surface area contributed by atoms with Crippen molar-refractivity contribution in [2.75, 3.05) is 13.2 Å². The number of hydrogen-bond donors (Lipinski definition) is 3. The van der Waals surface area contributed by atoms with Crippen LogP contribution in [0.5, 0.6) is 0 Å². The number of ether oxygens (including phenoxy) is 1. The Balaban J connectivity index is 1.70. The van der Waals surface area contributed by atoms with Crippen LogP contribution in [-0.2, 0) is 25.7 Å². The van der Waals surface area contributed by atoms with Gasteiger partial charge in [-0.15, -0.1) is 0 Å². The van der Waals surface area contributed by atoms with Crippen molar-refractivity contribution in [3.63, 3.8) is 0 Å². The van der Waals surface area contributed by atoms with E-state index in [0.717, 1.165) is 18.4 Å². The van der Waals surface area contributed by atoms with Gasteiger partial charge < -0.3 is 25.4 Å². The molecular weight excluding hydrogens is 458 g/mol. The van der Waals surface area contributed by atoms with Crippen molar-refractivity contribution in [3.05, 3.63) is 35.9 Å². The second kappa shape index (κ2) is 10.5. The third-order valence-electron chi connectivity index (χ3n) is 8.60. The van der Waals surface area contributed by atoms with Crippen LogP contribution in [0.3, 0.4) is 0 Å². The number of fused-ring (bicyclic) bond motifs is 1. The van der Waals surface area contributed by atoms with E-state index in [1.165, 1.54) is 0 Å². The maximum Gasteiger partial charge on any atom is 0.245 e. The quantitative estimate of drug-likeness (QED) is 0.405.